The summed E-state index contributed by atoms with van der Waals surface area (Å²) in [6.07, 6.45) is 4.78. The van der Waals surface area contributed by atoms with Gasteiger partial charge in [-0.15, -0.1) is 0 Å². The van der Waals surface area contributed by atoms with Crippen LogP contribution in [0.1, 0.15) is 46.5 Å². The summed E-state index contributed by atoms with van der Waals surface area (Å²) in [6, 6.07) is -0.347. The first kappa shape index (κ1) is 20.6. The molecule has 1 heterocycles. The molecule has 0 radical (unpaired) electrons. The summed E-state index contributed by atoms with van der Waals surface area (Å²) in [5.74, 6) is 0. The molecule has 1 aliphatic rings. The molecule has 0 N–H and O–H groups in total. The van der Waals surface area contributed by atoms with Crippen LogP contribution in [0.2, 0.25) is 0 Å². The Morgan fingerprint density at radius 3 is 2.58 bits per heavy atom. The molecule has 1 rings (SSSR count). The third-order valence-electron chi connectivity index (χ3n) is 3.55. The predicted molar refractivity (Wildman–Crippen MR) is 98.5 cm³/mol. The molecule has 0 bridgehead atoms. The van der Waals surface area contributed by atoms with Crippen LogP contribution < -0.4 is 0 Å². The van der Waals surface area contributed by atoms with Gasteiger partial charge in [-0.05, 0) is 46.5 Å². The maximum atomic E-state index is 12.4. The van der Waals surface area contributed by atoms with Crippen molar-refractivity contribution in [3.05, 3.63) is 0 Å². The van der Waals surface area contributed by atoms with Crippen molar-refractivity contribution < 1.29 is 14.3 Å². The molecular weight excluding hydrogens is 328 g/mol. The van der Waals surface area contributed by atoms with Crippen molar-refractivity contribution >= 4 is 31.3 Å². The molecule has 1 aliphatic heterocycles. The predicted octanol–water partition coefficient (Wildman–Crippen LogP) is 3.02. The van der Waals surface area contributed by atoms with Crippen molar-refractivity contribution in [2.75, 3.05) is 27.2 Å². The Labute approximate surface area is 150 Å². The molecule has 1 unspecified atom stereocenters. The van der Waals surface area contributed by atoms with Crippen LogP contribution in [0, 0.1) is 0 Å². The largest absolute Gasteiger partial charge is 0.444 e. The molecule has 138 valence electrons. The molecular formula is C16H30N4O3S. The molecule has 1 saturated heterocycles. The number of ether oxygens (including phenoxy) is 1. The Bertz CT molecular complexity index is 463. The number of thiol groups is 1. The maximum absolute atomic E-state index is 12.4. The Morgan fingerprint density at radius 1 is 1.33 bits per heavy atom. The second-order valence-corrected chi connectivity index (χ2v) is 7.71. The van der Waals surface area contributed by atoms with E-state index in [1.165, 1.54) is 10.6 Å². The lowest BCUT2D eigenvalue weighted by Gasteiger charge is -2.37. The number of carbonyl (C=O) groups is 2. The van der Waals surface area contributed by atoms with Crippen molar-refractivity contribution in [3.8, 4) is 0 Å². The first-order valence-electron chi connectivity index (χ1n) is 8.31. The number of amides is 3. The highest BCUT2D eigenvalue weighted by atomic mass is 32.1. The van der Waals surface area contributed by atoms with E-state index in [-0.39, 0.29) is 12.1 Å². The van der Waals surface area contributed by atoms with Crippen LogP contribution in [-0.4, -0.2) is 71.4 Å². The highest BCUT2D eigenvalue weighted by Crippen LogP contribution is 2.23. The zero-order chi connectivity index (χ0) is 18.3. The van der Waals surface area contributed by atoms with Crippen molar-refractivity contribution in [2.45, 2.75) is 58.1 Å². The molecule has 1 fully saturated rings. The standard InChI is InChI=1S/C16H30N4O3S/c1-16(2,3)23-15(22)19-10-7-6-8-13(19)9-11-20(24)14(21)17-12-18(4)5/h12-13,24H,6-11H2,1-5H3. The van der Waals surface area contributed by atoms with E-state index < -0.39 is 11.6 Å². The summed E-state index contributed by atoms with van der Waals surface area (Å²) in [7, 11) is 3.58. The maximum Gasteiger partial charge on any atom is 0.410 e. The zero-order valence-corrected chi connectivity index (χ0v) is 16.3. The Kier molecular flexibility index (Phi) is 7.86. The van der Waals surface area contributed by atoms with Gasteiger partial charge in [0.05, 0.1) is 6.34 Å². The fraction of sp³-hybridized carbons (Fsp3) is 0.812. The number of carbonyl (C=O) groups excluding carboxylic acids is 2. The molecule has 7 nitrogen and oxygen atoms in total. The van der Waals surface area contributed by atoms with Crippen LogP contribution in [0.5, 0.6) is 0 Å². The summed E-state index contributed by atoms with van der Waals surface area (Å²) >= 11 is 4.19. The average molecular weight is 359 g/mol. The molecule has 0 aromatic heterocycles. The Hall–Kier alpha value is -1.44. The molecule has 0 saturated carbocycles. The van der Waals surface area contributed by atoms with E-state index in [2.05, 4.69) is 17.8 Å². The van der Waals surface area contributed by atoms with Gasteiger partial charge in [0.2, 0.25) is 0 Å². The van der Waals surface area contributed by atoms with Crippen LogP contribution in [-0.2, 0) is 4.74 Å². The van der Waals surface area contributed by atoms with Crippen LogP contribution in [0.3, 0.4) is 0 Å². The van der Waals surface area contributed by atoms with Gasteiger partial charge < -0.3 is 14.5 Å². The molecule has 0 spiro atoms. The highest BCUT2D eigenvalue weighted by Gasteiger charge is 2.30. The van der Waals surface area contributed by atoms with Gasteiger partial charge in [-0.2, -0.15) is 4.99 Å². The minimum Gasteiger partial charge on any atom is -0.444 e. The Balaban J connectivity index is 2.57. The van der Waals surface area contributed by atoms with Crippen molar-refractivity contribution in [1.82, 2.24) is 14.1 Å². The van der Waals surface area contributed by atoms with E-state index in [1.54, 1.807) is 23.9 Å². The monoisotopic (exact) mass is 358 g/mol. The third-order valence-corrected chi connectivity index (χ3v) is 3.92. The second-order valence-electron chi connectivity index (χ2n) is 7.23. The number of piperidine rings is 1. The van der Waals surface area contributed by atoms with Crippen molar-refractivity contribution in [3.63, 3.8) is 0 Å². The van der Waals surface area contributed by atoms with E-state index in [9.17, 15) is 9.59 Å². The second kappa shape index (κ2) is 9.15. The summed E-state index contributed by atoms with van der Waals surface area (Å²) in [6.45, 7) is 6.71. The van der Waals surface area contributed by atoms with Crippen molar-refractivity contribution in [2.24, 2.45) is 4.99 Å². The molecule has 0 aliphatic carbocycles. The van der Waals surface area contributed by atoms with Gasteiger partial charge in [-0.25, -0.2) is 9.59 Å². The quantitative estimate of drug-likeness (QED) is 0.477. The van der Waals surface area contributed by atoms with Gasteiger partial charge in [-0.3, -0.25) is 4.31 Å². The molecule has 3 amide bonds. The van der Waals surface area contributed by atoms with E-state index in [0.717, 1.165) is 19.3 Å². The molecule has 1 atom stereocenters. The van der Waals surface area contributed by atoms with Gasteiger partial charge in [0.25, 0.3) is 0 Å². The molecule has 0 aromatic rings. The lowest BCUT2D eigenvalue weighted by Crippen LogP contribution is -2.47. The summed E-state index contributed by atoms with van der Waals surface area (Å²) in [4.78, 5) is 31.5. The lowest BCUT2D eigenvalue weighted by atomic mass is 10.00. The SMILES string of the molecule is CN(C)C=NC(=O)N(S)CCC1CCCCN1C(=O)OC(C)(C)C. The summed E-state index contributed by atoms with van der Waals surface area (Å²) in [5.41, 5.74) is -0.508. The van der Waals surface area contributed by atoms with Crippen molar-refractivity contribution in [1.29, 1.82) is 0 Å². The molecule has 24 heavy (non-hydrogen) atoms. The van der Waals surface area contributed by atoms with Crippen LogP contribution in [0.25, 0.3) is 0 Å². The smallest absolute Gasteiger partial charge is 0.410 e. The summed E-state index contributed by atoms with van der Waals surface area (Å²) < 4.78 is 6.76. The van der Waals surface area contributed by atoms with Gasteiger partial charge in [-0.1, -0.05) is 12.8 Å². The van der Waals surface area contributed by atoms with Gasteiger partial charge in [0.15, 0.2) is 0 Å². The van der Waals surface area contributed by atoms with E-state index >= 15 is 0 Å². The number of nitrogens with zero attached hydrogens (tertiary/aromatic N) is 4. The van der Waals surface area contributed by atoms with Crippen LogP contribution >= 0.6 is 12.8 Å². The minimum atomic E-state index is -0.508. The Morgan fingerprint density at radius 2 is 2.00 bits per heavy atom. The number of aliphatic imine (C=N–C) groups is 1. The third kappa shape index (κ3) is 7.42. The normalized spacial score (nSPS) is 18.6. The fourth-order valence-corrected chi connectivity index (χ4v) is 2.63. The number of hydrogen-bond acceptors (Lipinski definition) is 4. The fourth-order valence-electron chi connectivity index (χ4n) is 2.46. The average Bonchev–Trinajstić information content (AvgIpc) is 2.48. The van der Waals surface area contributed by atoms with Crippen LogP contribution in [0.15, 0.2) is 4.99 Å². The molecule has 0 aromatic carbocycles. The number of hydrogen-bond donors (Lipinski definition) is 1. The van der Waals surface area contributed by atoms with Crippen LogP contribution in [0.4, 0.5) is 9.59 Å². The van der Waals surface area contributed by atoms with E-state index in [0.29, 0.717) is 19.5 Å². The number of likely N-dealkylation sites (tertiary alicyclic amines) is 1. The van der Waals surface area contributed by atoms with Gasteiger partial charge in [0.1, 0.15) is 5.60 Å². The minimum absolute atomic E-state index is 0.0638. The van der Waals surface area contributed by atoms with Gasteiger partial charge >= 0.3 is 12.1 Å². The number of rotatable bonds is 4. The first-order chi connectivity index (χ1) is 11.1. The number of urea groups is 1. The zero-order valence-electron chi connectivity index (χ0n) is 15.4. The first-order valence-corrected chi connectivity index (χ1v) is 8.71. The topological polar surface area (TPSA) is 65.5 Å². The highest BCUT2D eigenvalue weighted by molar-refractivity contribution is 7.78. The lowest BCUT2D eigenvalue weighted by molar-refractivity contribution is 0.00871. The summed E-state index contributed by atoms with van der Waals surface area (Å²) in [5, 5.41) is 0. The van der Waals surface area contributed by atoms with E-state index in [4.69, 9.17) is 4.74 Å². The molecule has 8 heteroatoms. The van der Waals surface area contributed by atoms with E-state index in [1.807, 2.05) is 20.8 Å². The van der Waals surface area contributed by atoms with Gasteiger partial charge in [0, 0.05) is 33.2 Å².